The van der Waals surface area contributed by atoms with Crippen molar-refractivity contribution in [3.05, 3.63) is 18.0 Å². The van der Waals surface area contributed by atoms with Gasteiger partial charge < -0.3 is 10.6 Å². The summed E-state index contributed by atoms with van der Waals surface area (Å²) in [6.45, 7) is 4.04. The molecule has 2 heterocycles. The fourth-order valence-electron chi connectivity index (χ4n) is 2.22. The normalized spacial score (nSPS) is 22.4. The second-order valence-corrected chi connectivity index (χ2v) is 6.89. The zero-order valence-electron chi connectivity index (χ0n) is 12.3. The molecule has 0 radical (unpaired) electrons. The van der Waals surface area contributed by atoms with Crippen LogP contribution in [-0.4, -0.2) is 39.8 Å². The average Bonchev–Trinajstić information content (AvgIpc) is 2.99. The first-order valence-corrected chi connectivity index (χ1v) is 7.66. The minimum absolute atomic E-state index is 0. The number of hydrogen-bond acceptors (Lipinski definition) is 3. The monoisotopic (exact) mass is 409 g/mol. The molecule has 7 heteroatoms. The van der Waals surface area contributed by atoms with Gasteiger partial charge in [0.05, 0.1) is 6.20 Å². The summed E-state index contributed by atoms with van der Waals surface area (Å²) in [5.74, 6) is 2.14. The first-order chi connectivity index (χ1) is 9.11. The number of nitrogens with one attached hydrogen (secondary N) is 2. The molecule has 1 aromatic rings. The van der Waals surface area contributed by atoms with Crippen molar-refractivity contribution in [1.29, 1.82) is 0 Å². The summed E-state index contributed by atoms with van der Waals surface area (Å²) >= 11 is 2.06. The molecule has 1 saturated heterocycles. The Morgan fingerprint density at radius 2 is 2.35 bits per heavy atom. The lowest BCUT2D eigenvalue weighted by molar-refractivity contribution is 0.584. The Morgan fingerprint density at radius 1 is 1.55 bits per heavy atom. The number of aromatic nitrogens is 2. The van der Waals surface area contributed by atoms with Gasteiger partial charge in [-0.2, -0.15) is 16.9 Å². The van der Waals surface area contributed by atoms with Crippen molar-refractivity contribution < 1.29 is 0 Å². The lowest BCUT2D eigenvalue weighted by Crippen LogP contribution is -2.43. The number of guanidine groups is 1. The van der Waals surface area contributed by atoms with Crippen LogP contribution in [0.5, 0.6) is 0 Å². The number of aryl methyl sites for hydroxylation is 1. The summed E-state index contributed by atoms with van der Waals surface area (Å²) in [7, 11) is 3.73. The Labute approximate surface area is 142 Å². The lowest BCUT2D eigenvalue weighted by Gasteiger charge is -2.24. The quantitative estimate of drug-likeness (QED) is 0.454. The molecule has 1 fully saturated rings. The maximum absolute atomic E-state index is 4.26. The van der Waals surface area contributed by atoms with Crippen LogP contribution in [0.3, 0.4) is 0 Å². The zero-order chi connectivity index (χ0) is 13.7. The predicted molar refractivity (Wildman–Crippen MR) is 96.9 cm³/mol. The van der Waals surface area contributed by atoms with Gasteiger partial charge >= 0.3 is 0 Å². The zero-order valence-corrected chi connectivity index (χ0v) is 15.5. The van der Waals surface area contributed by atoms with Gasteiger partial charge in [0.2, 0.25) is 0 Å². The van der Waals surface area contributed by atoms with Crippen molar-refractivity contribution in [3.8, 4) is 0 Å². The van der Waals surface area contributed by atoms with Crippen LogP contribution < -0.4 is 10.6 Å². The van der Waals surface area contributed by atoms with Crippen molar-refractivity contribution in [3.63, 3.8) is 0 Å². The van der Waals surface area contributed by atoms with E-state index in [0.29, 0.717) is 4.75 Å². The van der Waals surface area contributed by atoms with Crippen LogP contribution in [0.1, 0.15) is 25.3 Å². The Balaban J connectivity index is 0.00000200. The van der Waals surface area contributed by atoms with E-state index in [1.54, 1.807) is 0 Å². The Kier molecular flexibility index (Phi) is 7.14. The van der Waals surface area contributed by atoms with Gasteiger partial charge in [0.15, 0.2) is 5.96 Å². The Bertz CT molecular complexity index is 440. The highest BCUT2D eigenvalue weighted by atomic mass is 127. The topological polar surface area (TPSA) is 54.2 Å². The highest BCUT2D eigenvalue weighted by Crippen LogP contribution is 2.36. The third kappa shape index (κ3) is 5.16. The molecule has 2 rings (SSSR count). The second-order valence-electron chi connectivity index (χ2n) is 5.20. The Morgan fingerprint density at radius 3 is 2.90 bits per heavy atom. The molecule has 0 aromatic carbocycles. The lowest BCUT2D eigenvalue weighted by atomic mass is 10.1. The molecule has 0 saturated carbocycles. The first kappa shape index (κ1) is 17.6. The van der Waals surface area contributed by atoms with Gasteiger partial charge in [0.1, 0.15) is 0 Å². The van der Waals surface area contributed by atoms with Crippen LogP contribution >= 0.6 is 35.7 Å². The van der Waals surface area contributed by atoms with Crippen LogP contribution in [0.2, 0.25) is 0 Å². The van der Waals surface area contributed by atoms with E-state index in [2.05, 4.69) is 39.4 Å². The van der Waals surface area contributed by atoms with Crippen molar-refractivity contribution >= 4 is 41.7 Å². The van der Waals surface area contributed by atoms with Crippen LogP contribution in [0.25, 0.3) is 0 Å². The highest BCUT2D eigenvalue weighted by molar-refractivity contribution is 14.0. The largest absolute Gasteiger partial charge is 0.355 e. The summed E-state index contributed by atoms with van der Waals surface area (Å²) < 4.78 is 2.16. The van der Waals surface area contributed by atoms with Gasteiger partial charge in [-0.15, -0.1) is 24.0 Å². The van der Waals surface area contributed by atoms with Crippen molar-refractivity contribution in [2.75, 3.05) is 19.3 Å². The molecule has 1 atom stereocenters. The summed E-state index contributed by atoms with van der Waals surface area (Å²) in [6, 6.07) is 0. The van der Waals surface area contributed by atoms with Crippen molar-refractivity contribution in [1.82, 2.24) is 20.4 Å². The minimum Gasteiger partial charge on any atom is -0.355 e. The van der Waals surface area contributed by atoms with Gasteiger partial charge in [0.25, 0.3) is 0 Å². The third-order valence-electron chi connectivity index (χ3n) is 3.37. The number of thioether (sulfide) groups is 1. The van der Waals surface area contributed by atoms with E-state index in [4.69, 9.17) is 0 Å². The van der Waals surface area contributed by atoms with Gasteiger partial charge in [-0.1, -0.05) is 0 Å². The van der Waals surface area contributed by atoms with Gasteiger partial charge in [0, 0.05) is 43.7 Å². The summed E-state index contributed by atoms with van der Waals surface area (Å²) in [4.78, 5) is 4.26. The molecule has 1 aromatic heterocycles. The summed E-state index contributed by atoms with van der Waals surface area (Å²) in [5.41, 5.74) is 1.16. The smallest absolute Gasteiger partial charge is 0.191 e. The molecule has 0 bridgehead atoms. The average molecular weight is 409 g/mol. The summed E-state index contributed by atoms with van der Waals surface area (Å²) in [6.07, 6.45) is 6.48. The van der Waals surface area contributed by atoms with Gasteiger partial charge in [-0.25, -0.2) is 0 Å². The van der Waals surface area contributed by atoms with Crippen molar-refractivity contribution in [2.45, 2.75) is 31.1 Å². The molecule has 1 aliphatic heterocycles. The molecule has 0 amide bonds. The van der Waals surface area contributed by atoms with E-state index in [1.165, 1.54) is 18.6 Å². The number of rotatable bonds is 4. The van der Waals surface area contributed by atoms with Crippen LogP contribution in [0, 0.1) is 0 Å². The van der Waals surface area contributed by atoms with Crippen LogP contribution in [-0.2, 0) is 13.6 Å². The number of aliphatic imine (C=N–C) groups is 1. The third-order valence-corrected chi connectivity index (χ3v) is 4.91. The fraction of sp³-hybridized carbons (Fsp3) is 0.692. The molecular weight excluding hydrogens is 385 g/mol. The molecule has 114 valence electrons. The van der Waals surface area contributed by atoms with Crippen molar-refractivity contribution in [2.24, 2.45) is 12.0 Å². The molecule has 1 unspecified atom stereocenters. The van der Waals surface area contributed by atoms with E-state index < -0.39 is 0 Å². The molecular formula is C13H24IN5S. The molecule has 0 spiro atoms. The number of halogens is 1. The standard InChI is InChI=1S/C13H23N5S.HI/c1-13(5-4-6-19-13)10-16-12(14-2)15-7-11-8-17-18(3)9-11;/h8-9H,4-7,10H2,1-3H3,(H2,14,15,16);1H. The molecule has 2 N–H and O–H groups in total. The molecule has 0 aliphatic carbocycles. The van der Waals surface area contributed by atoms with E-state index in [0.717, 1.165) is 24.6 Å². The molecule has 5 nitrogen and oxygen atoms in total. The maximum atomic E-state index is 4.26. The van der Waals surface area contributed by atoms with E-state index in [-0.39, 0.29) is 24.0 Å². The van der Waals surface area contributed by atoms with Gasteiger partial charge in [-0.3, -0.25) is 9.67 Å². The van der Waals surface area contributed by atoms with Crippen LogP contribution in [0.15, 0.2) is 17.4 Å². The Hall–Kier alpha value is -0.440. The SMILES string of the molecule is CN=C(NCc1cnn(C)c1)NCC1(C)CCCS1.I. The number of nitrogens with zero attached hydrogens (tertiary/aromatic N) is 3. The van der Waals surface area contributed by atoms with E-state index in [9.17, 15) is 0 Å². The maximum Gasteiger partial charge on any atom is 0.191 e. The first-order valence-electron chi connectivity index (χ1n) is 6.67. The van der Waals surface area contributed by atoms with E-state index >= 15 is 0 Å². The molecule has 1 aliphatic rings. The van der Waals surface area contributed by atoms with Crippen LogP contribution in [0.4, 0.5) is 0 Å². The second kappa shape index (κ2) is 8.11. The predicted octanol–water partition coefficient (Wildman–Crippen LogP) is 1.99. The highest BCUT2D eigenvalue weighted by Gasteiger charge is 2.29. The summed E-state index contributed by atoms with van der Waals surface area (Å²) in [5, 5.41) is 10.9. The van der Waals surface area contributed by atoms with Gasteiger partial charge in [-0.05, 0) is 25.5 Å². The van der Waals surface area contributed by atoms with E-state index in [1.807, 2.05) is 31.2 Å². The molecule has 20 heavy (non-hydrogen) atoms. The minimum atomic E-state index is 0. The number of hydrogen-bond donors (Lipinski definition) is 2. The fourth-order valence-corrected chi connectivity index (χ4v) is 3.46.